The van der Waals surface area contributed by atoms with Gasteiger partial charge in [-0.05, 0) is 26.6 Å². The molecule has 17 heavy (non-hydrogen) atoms. The number of H-pyrrole nitrogens is 1. The van der Waals surface area contributed by atoms with Crippen LogP contribution in [0.5, 0.6) is 0 Å². The Kier molecular flexibility index (Phi) is 3.11. The van der Waals surface area contributed by atoms with E-state index >= 15 is 0 Å². The van der Waals surface area contributed by atoms with E-state index in [2.05, 4.69) is 4.98 Å². The van der Waals surface area contributed by atoms with Gasteiger partial charge in [0.05, 0.1) is 5.52 Å². The van der Waals surface area contributed by atoms with Crippen molar-refractivity contribution >= 4 is 10.9 Å². The molecule has 1 aromatic carbocycles. The highest BCUT2D eigenvalue weighted by atomic mass is 19.2. The number of fused-ring (bicyclic) bond motifs is 1. The van der Waals surface area contributed by atoms with E-state index in [0.29, 0.717) is 23.9 Å². The van der Waals surface area contributed by atoms with Crippen molar-refractivity contribution in [1.82, 2.24) is 9.88 Å². The van der Waals surface area contributed by atoms with Gasteiger partial charge in [0, 0.05) is 23.6 Å². The fourth-order valence-electron chi connectivity index (χ4n) is 1.79. The van der Waals surface area contributed by atoms with Crippen molar-refractivity contribution in [1.29, 1.82) is 0 Å². The molecule has 0 saturated carbocycles. The van der Waals surface area contributed by atoms with E-state index in [9.17, 15) is 13.2 Å². The molecule has 0 aliphatic rings. The van der Waals surface area contributed by atoms with Crippen molar-refractivity contribution < 1.29 is 13.2 Å². The van der Waals surface area contributed by atoms with Crippen LogP contribution in [0.15, 0.2) is 12.1 Å². The highest BCUT2D eigenvalue weighted by molar-refractivity contribution is 5.83. The summed E-state index contributed by atoms with van der Waals surface area (Å²) in [6.07, 6.45) is 0.448. The van der Waals surface area contributed by atoms with Gasteiger partial charge in [0.2, 0.25) is 0 Å². The Hall–Kier alpha value is -1.49. The number of halogens is 3. The summed E-state index contributed by atoms with van der Waals surface area (Å²) in [4.78, 5) is 4.33. The number of hydrogen-bond acceptors (Lipinski definition) is 1. The van der Waals surface area contributed by atoms with Gasteiger partial charge < -0.3 is 9.88 Å². The van der Waals surface area contributed by atoms with Gasteiger partial charge in [-0.1, -0.05) is 0 Å². The van der Waals surface area contributed by atoms with Crippen LogP contribution in [0.3, 0.4) is 0 Å². The minimum Gasteiger partial charge on any atom is -0.331 e. The fraction of sp³-hybridized carbons (Fsp3) is 0.333. The Bertz CT molecular complexity index is 546. The topological polar surface area (TPSA) is 19.0 Å². The summed E-state index contributed by atoms with van der Waals surface area (Å²) in [6.45, 7) is 0.642. The summed E-state index contributed by atoms with van der Waals surface area (Å²) in [5.41, 5.74) is 0.683. The van der Waals surface area contributed by atoms with E-state index in [1.54, 1.807) is 0 Å². The predicted molar refractivity (Wildman–Crippen MR) is 60.4 cm³/mol. The minimum atomic E-state index is -0.974. The first-order valence-electron chi connectivity index (χ1n) is 5.29. The molecule has 0 unspecified atom stereocenters. The van der Waals surface area contributed by atoms with Gasteiger partial charge in [-0.25, -0.2) is 8.78 Å². The highest BCUT2D eigenvalue weighted by Gasteiger charge is 2.14. The maximum absolute atomic E-state index is 13.6. The van der Waals surface area contributed by atoms with E-state index in [1.165, 1.54) is 0 Å². The molecule has 0 bridgehead atoms. The molecule has 0 amide bonds. The average molecular weight is 242 g/mol. The molecular formula is C12H13F3N2. The lowest BCUT2D eigenvalue weighted by Gasteiger charge is -2.08. The molecule has 5 heteroatoms. The number of aromatic amines is 1. The number of benzene rings is 1. The maximum atomic E-state index is 13.6. The van der Waals surface area contributed by atoms with Crippen LogP contribution in [-0.4, -0.2) is 30.5 Å². The van der Waals surface area contributed by atoms with Crippen molar-refractivity contribution in [2.45, 2.75) is 6.42 Å². The summed E-state index contributed by atoms with van der Waals surface area (Å²) < 4.78 is 39.7. The van der Waals surface area contributed by atoms with Crippen LogP contribution >= 0.6 is 0 Å². The Balaban J connectivity index is 2.47. The van der Waals surface area contributed by atoms with E-state index in [4.69, 9.17) is 0 Å². The Labute approximate surface area is 97.0 Å². The number of hydrogen-bond donors (Lipinski definition) is 1. The monoisotopic (exact) mass is 242 g/mol. The summed E-state index contributed by atoms with van der Waals surface area (Å²) >= 11 is 0. The lowest BCUT2D eigenvalue weighted by molar-refractivity contribution is 0.410. The number of rotatable bonds is 3. The van der Waals surface area contributed by atoms with Crippen LogP contribution in [0, 0.1) is 17.6 Å². The van der Waals surface area contributed by atoms with Gasteiger partial charge in [0.1, 0.15) is 0 Å². The molecule has 2 rings (SSSR count). The number of likely N-dealkylation sites (N-methyl/N-ethyl adjacent to an activating group) is 1. The number of aromatic nitrogens is 1. The first-order chi connectivity index (χ1) is 7.99. The quantitative estimate of drug-likeness (QED) is 0.876. The van der Waals surface area contributed by atoms with Crippen molar-refractivity contribution in [2.75, 3.05) is 20.6 Å². The third-order valence-corrected chi connectivity index (χ3v) is 2.70. The molecule has 0 fully saturated rings. The summed E-state index contributed by atoms with van der Waals surface area (Å²) in [5.74, 6) is -2.45. The molecule has 0 spiro atoms. The van der Waals surface area contributed by atoms with Crippen molar-refractivity contribution in [3.63, 3.8) is 0 Å². The molecule has 0 aliphatic heterocycles. The van der Waals surface area contributed by atoms with Gasteiger partial charge in [-0.15, -0.1) is 0 Å². The molecular weight excluding hydrogens is 229 g/mol. The molecule has 2 nitrogen and oxygen atoms in total. The highest BCUT2D eigenvalue weighted by Crippen LogP contribution is 2.24. The predicted octanol–water partition coefficient (Wildman–Crippen LogP) is 2.69. The van der Waals surface area contributed by atoms with Crippen molar-refractivity contribution in [3.8, 4) is 0 Å². The van der Waals surface area contributed by atoms with Gasteiger partial charge in [0.15, 0.2) is 17.6 Å². The van der Waals surface area contributed by atoms with Crippen LogP contribution < -0.4 is 0 Å². The fourth-order valence-corrected chi connectivity index (χ4v) is 1.79. The molecule has 0 atom stereocenters. The largest absolute Gasteiger partial charge is 0.331 e. The normalized spacial score (nSPS) is 11.6. The first kappa shape index (κ1) is 12.0. The molecule has 0 aliphatic carbocycles. The molecule has 2 aromatic rings. The van der Waals surface area contributed by atoms with Crippen LogP contribution in [0.1, 0.15) is 5.56 Å². The van der Waals surface area contributed by atoms with Crippen LogP contribution in [0.4, 0.5) is 13.2 Å². The third-order valence-electron chi connectivity index (χ3n) is 2.70. The molecule has 1 heterocycles. The second-order valence-corrected chi connectivity index (χ2v) is 4.28. The average Bonchev–Trinajstić information content (AvgIpc) is 2.52. The van der Waals surface area contributed by atoms with Gasteiger partial charge in [-0.3, -0.25) is 0 Å². The molecule has 1 N–H and O–H groups in total. The molecule has 1 aromatic heterocycles. The zero-order valence-corrected chi connectivity index (χ0v) is 9.65. The number of nitrogens with zero attached hydrogens (tertiary/aromatic N) is 1. The first-order valence-corrected chi connectivity index (χ1v) is 5.29. The van der Waals surface area contributed by atoms with Crippen molar-refractivity contribution in [2.24, 2.45) is 0 Å². The minimum absolute atomic E-state index is 0.287. The third kappa shape index (κ3) is 2.29. The van der Waals surface area contributed by atoms with E-state index in [0.717, 1.165) is 12.1 Å². The Morgan fingerprint density at radius 3 is 2.41 bits per heavy atom. The molecule has 0 saturated heterocycles. The molecule has 0 radical (unpaired) electrons. The maximum Gasteiger partial charge on any atom is 0.195 e. The summed E-state index contributed by atoms with van der Waals surface area (Å²) in [5, 5.41) is 0.406. The zero-order valence-electron chi connectivity index (χ0n) is 9.65. The summed E-state index contributed by atoms with van der Waals surface area (Å²) in [7, 11) is 3.74. The van der Waals surface area contributed by atoms with Gasteiger partial charge >= 0.3 is 0 Å². The standard InChI is InChI=1S/C12H13F3N2/c1-17(2)4-3-7-8-5-9(13)10(14)6-11(8)16-12(7)15/h5-6,16H,3-4H2,1-2H3. The zero-order chi connectivity index (χ0) is 12.6. The smallest absolute Gasteiger partial charge is 0.195 e. The van der Waals surface area contributed by atoms with Crippen LogP contribution in [0.25, 0.3) is 10.9 Å². The van der Waals surface area contributed by atoms with Gasteiger partial charge in [-0.2, -0.15) is 4.39 Å². The van der Waals surface area contributed by atoms with Crippen molar-refractivity contribution in [3.05, 3.63) is 35.3 Å². The van der Waals surface area contributed by atoms with E-state index < -0.39 is 17.6 Å². The lowest BCUT2D eigenvalue weighted by Crippen LogP contribution is -2.15. The van der Waals surface area contributed by atoms with Crippen LogP contribution in [0.2, 0.25) is 0 Å². The summed E-state index contributed by atoms with van der Waals surface area (Å²) in [6, 6.07) is 2.02. The number of nitrogens with one attached hydrogen (secondary N) is 1. The Morgan fingerprint density at radius 2 is 1.76 bits per heavy atom. The lowest BCUT2D eigenvalue weighted by atomic mass is 10.1. The van der Waals surface area contributed by atoms with Crippen LogP contribution in [-0.2, 0) is 6.42 Å². The Morgan fingerprint density at radius 1 is 1.12 bits per heavy atom. The van der Waals surface area contributed by atoms with E-state index in [1.807, 2.05) is 19.0 Å². The second-order valence-electron chi connectivity index (χ2n) is 4.28. The second kappa shape index (κ2) is 4.41. The van der Waals surface area contributed by atoms with E-state index in [-0.39, 0.29) is 5.52 Å². The van der Waals surface area contributed by atoms with Gasteiger partial charge in [0.25, 0.3) is 0 Å². The SMILES string of the molecule is CN(C)CCc1c(F)[nH]c2cc(F)c(F)cc12. The molecule has 92 valence electrons.